The summed E-state index contributed by atoms with van der Waals surface area (Å²) >= 11 is 1.66. The molecule has 0 spiro atoms. The zero-order chi connectivity index (χ0) is 13.1. The summed E-state index contributed by atoms with van der Waals surface area (Å²) in [4.78, 5) is 11.1. The van der Waals surface area contributed by atoms with Crippen molar-refractivity contribution in [3.05, 3.63) is 33.8 Å². The van der Waals surface area contributed by atoms with Gasteiger partial charge in [-0.25, -0.2) is 9.48 Å². The average Bonchev–Trinajstić information content (AvgIpc) is 2.95. The fraction of sp³-hybridized carbons (Fsp3) is 0.417. The molecule has 1 N–H and O–H groups in total. The maximum Gasteiger partial charge on any atom is 0.358 e. The summed E-state index contributed by atoms with van der Waals surface area (Å²) in [5.41, 5.74) is 2.00. The Morgan fingerprint density at radius 2 is 2.33 bits per heavy atom. The molecule has 0 unspecified atom stereocenters. The van der Waals surface area contributed by atoms with Crippen LogP contribution in [-0.4, -0.2) is 26.1 Å². The highest BCUT2D eigenvalue weighted by Crippen LogP contribution is 2.18. The van der Waals surface area contributed by atoms with Crippen molar-refractivity contribution in [2.75, 3.05) is 0 Å². The van der Waals surface area contributed by atoms with Crippen molar-refractivity contribution in [1.82, 2.24) is 15.0 Å². The molecule has 2 rings (SSSR count). The van der Waals surface area contributed by atoms with Gasteiger partial charge in [-0.2, -0.15) is 11.3 Å². The molecule has 0 aromatic carbocycles. The Bertz CT molecular complexity index is 532. The van der Waals surface area contributed by atoms with Crippen molar-refractivity contribution in [2.24, 2.45) is 0 Å². The Balaban J connectivity index is 2.20. The average molecular weight is 265 g/mol. The molecular formula is C12H15N3O2S. The van der Waals surface area contributed by atoms with Crippen LogP contribution in [0.2, 0.25) is 0 Å². The fourth-order valence-electron chi connectivity index (χ4n) is 1.88. The van der Waals surface area contributed by atoms with E-state index < -0.39 is 5.97 Å². The first kappa shape index (κ1) is 12.8. The number of hydrogen-bond acceptors (Lipinski definition) is 4. The minimum Gasteiger partial charge on any atom is -0.476 e. The molecule has 6 heteroatoms. The number of hydrogen-bond donors (Lipinski definition) is 1. The second kappa shape index (κ2) is 5.30. The van der Waals surface area contributed by atoms with E-state index in [0.717, 1.165) is 6.42 Å². The van der Waals surface area contributed by atoms with Crippen molar-refractivity contribution in [1.29, 1.82) is 0 Å². The predicted octanol–water partition coefficient (Wildman–Crippen LogP) is 2.40. The van der Waals surface area contributed by atoms with Gasteiger partial charge in [0.05, 0.1) is 5.69 Å². The maximum absolute atomic E-state index is 11.1. The number of thiophene rings is 1. The van der Waals surface area contributed by atoms with E-state index in [1.165, 1.54) is 5.56 Å². The zero-order valence-corrected chi connectivity index (χ0v) is 11.1. The van der Waals surface area contributed by atoms with E-state index in [-0.39, 0.29) is 11.6 Å². The van der Waals surface area contributed by atoms with Gasteiger partial charge in [0, 0.05) is 6.54 Å². The van der Waals surface area contributed by atoms with E-state index in [1.54, 1.807) is 16.0 Å². The molecule has 0 atom stereocenters. The van der Waals surface area contributed by atoms with Gasteiger partial charge in [-0.1, -0.05) is 19.1 Å². The molecule has 0 saturated carbocycles. The highest BCUT2D eigenvalue weighted by Gasteiger charge is 2.21. The summed E-state index contributed by atoms with van der Waals surface area (Å²) in [7, 11) is 0. The van der Waals surface area contributed by atoms with Crippen molar-refractivity contribution >= 4 is 17.3 Å². The lowest BCUT2D eigenvalue weighted by molar-refractivity contribution is 0.0688. The molecule has 0 aliphatic heterocycles. The minimum absolute atomic E-state index is 0.0651. The number of aromatic carboxylic acids is 1. The first-order valence-corrected chi connectivity index (χ1v) is 6.71. The van der Waals surface area contributed by atoms with Crippen molar-refractivity contribution in [3.8, 4) is 0 Å². The fourth-order valence-corrected chi connectivity index (χ4v) is 2.58. The lowest BCUT2D eigenvalue weighted by Crippen LogP contribution is -2.11. The van der Waals surface area contributed by atoms with Gasteiger partial charge in [-0.05, 0) is 34.7 Å². The van der Waals surface area contributed by atoms with Crippen LogP contribution >= 0.6 is 11.3 Å². The van der Waals surface area contributed by atoms with Crippen LogP contribution in [0.25, 0.3) is 0 Å². The summed E-state index contributed by atoms with van der Waals surface area (Å²) in [6.07, 6.45) is 0.839. The van der Waals surface area contributed by atoms with Crippen LogP contribution in [-0.2, 0) is 13.0 Å². The summed E-state index contributed by atoms with van der Waals surface area (Å²) < 4.78 is 1.70. The minimum atomic E-state index is -1.01. The molecule has 0 amide bonds. The van der Waals surface area contributed by atoms with Crippen molar-refractivity contribution < 1.29 is 9.90 Å². The molecule has 0 radical (unpaired) electrons. The Labute approximate surface area is 109 Å². The number of carboxylic acid groups (broad SMARTS) is 1. The van der Waals surface area contributed by atoms with Crippen LogP contribution in [0.3, 0.4) is 0 Å². The molecule has 2 aromatic rings. The van der Waals surface area contributed by atoms with Gasteiger partial charge in [0.2, 0.25) is 0 Å². The molecule has 0 bridgehead atoms. The third-order valence-electron chi connectivity index (χ3n) is 2.72. The van der Waals surface area contributed by atoms with E-state index in [0.29, 0.717) is 12.2 Å². The number of rotatable bonds is 5. The molecule has 2 heterocycles. The van der Waals surface area contributed by atoms with Gasteiger partial charge >= 0.3 is 5.97 Å². The van der Waals surface area contributed by atoms with E-state index in [4.69, 9.17) is 5.11 Å². The lowest BCUT2D eigenvalue weighted by atomic mass is 10.1. The van der Waals surface area contributed by atoms with E-state index in [9.17, 15) is 4.79 Å². The van der Waals surface area contributed by atoms with E-state index in [1.807, 2.05) is 19.2 Å². The molecule has 0 aliphatic carbocycles. The SMILES string of the molecule is CC(C)c1c(C(=O)O)nnn1CCc1ccsc1. The lowest BCUT2D eigenvalue weighted by Gasteiger charge is -2.09. The van der Waals surface area contributed by atoms with Gasteiger partial charge in [-0.15, -0.1) is 5.10 Å². The first-order chi connectivity index (χ1) is 8.59. The second-order valence-corrected chi connectivity index (χ2v) is 5.17. The Kier molecular flexibility index (Phi) is 3.76. The summed E-state index contributed by atoms with van der Waals surface area (Å²) in [6.45, 7) is 4.56. The van der Waals surface area contributed by atoms with Gasteiger partial charge < -0.3 is 5.11 Å². The van der Waals surface area contributed by atoms with E-state index >= 15 is 0 Å². The molecule has 0 aliphatic rings. The van der Waals surface area contributed by atoms with Gasteiger partial charge in [-0.3, -0.25) is 0 Å². The molecule has 18 heavy (non-hydrogen) atoms. The molecule has 96 valence electrons. The Hall–Kier alpha value is -1.69. The number of aromatic nitrogens is 3. The maximum atomic E-state index is 11.1. The number of nitrogens with zero attached hydrogens (tertiary/aromatic N) is 3. The second-order valence-electron chi connectivity index (χ2n) is 4.39. The standard InChI is InChI=1S/C12H15N3O2S/c1-8(2)11-10(12(16)17)13-14-15(11)5-3-9-4-6-18-7-9/h4,6-8H,3,5H2,1-2H3,(H,16,17). The Morgan fingerprint density at radius 3 is 2.89 bits per heavy atom. The summed E-state index contributed by atoms with van der Waals surface area (Å²) in [5.74, 6) is -0.922. The topological polar surface area (TPSA) is 68.0 Å². The molecular weight excluding hydrogens is 250 g/mol. The first-order valence-electron chi connectivity index (χ1n) is 5.77. The molecule has 0 saturated heterocycles. The van der Waals surface area contributed by atoms with Crippen LogP contribution in [0.4, 0.5) is 0 Å². The van der Waals surface area contributed by atoms with E-state index in [2.05, 4.69) is 21.8 Å². The number of carboxylic acids is 1. The third kappa shape index (κ3) is 2.59. The van der Waals surface area contributed by atoms with Crippen LogP contribution in [0, 0.1) is 0 Å². The largest absolute Gasteiger partial charge is 0.476 e. The number of aryl methyl sites for hydroxylation is 2. The summed E-state index contributed by atoms with van der Waals surface area (Å²) in [6, 6.07) is 2.06. The summed E-state index contributed by atoms with van der Waals surface area (Å²) in [5, 5.41) is 20.9. The van der Waals surface area contributed by atoms with Crippen LogP contribution in [0.1, 0.15) is 41.5 Å². The monoisotopic (exact) mass is 265 g/mol. The normalized spacial score (nSPS) is 11.1. The van der Waals surface area contributed by atoms with Gasteiger partial charge in [0.25, 0.3) is 0 Å². The highest BCUT2D eigenvalue weighted by molar-refractivity contribution is 7.07. The highest BCUT2D eigenvalue weighted by atomic mass is 32.1. The van der Waals surface area contributed by atoms with Crippen LogP contribution in [0.15, 0.2) is 16.8 Å². The number of carbonyl (C=O) groups is 1. The molecule has 2 aromatic heterocycles. The smallest absolute Gasteiger partial charge is 0.358 e. The zero-order valence-electron chi connectivity index (χ0n) is 10.3. The van der Waals surface area contributed by atoms with Crippen LogP contribution < -0.4 is 0 Å². The van der Waals surface area contributed by atoms with Crippen molar-refractivity contribution in [3.63, 3.8) is 0 Å². The molecule has 5 nitrogen and oxygen atoms in total. The van der Waals surface area contributed by atoms with Crippen molar-refractivity contribution in [2.45, 2.75) is 32.7 Å². The Morgan fingerprint density at radius 1 is 1.56 bits per heavy atom. The van der Waals surface area contributed by atoms with Gasteiger partial charge in [0.15, 0.2) is 5.69 Å². The molecule has 0 fully saturated rings. The quantitative estimate of drug-likeness (QED) is 0.901. The van der Waals surface area contributed by atoms with Crippen LogP contribution in [0.5, 0.6) is 0 Å². The predicted molar refractivity (Wildman–Crippen MR) is 69.1 cm³/mol. The van der Waals surface area contributed by atoms with Gasteiger partial charge in [0.1, 0.15) is 0 Å². The third-order valence-corrected chi connectivity index (χ3v) is 3.45.